The quantitative estimate of drug-likeness (QED) is 0.573. The predicted octanol–water partition coefficient (Wildman–Crippen LogP) is 5.93. The molecule has 0 aliphatic rings. The van der Waals surface area contributed by atoms with Crippen molar-refractivity contribution in [2.75, 3.05) is 0 Å². The first kappa shape index (κ1) is 20.2. The number of halogens is 3. The first-order chi connectivity index (χ1) is 13.3. The average molecular weight is 404 g/mol. The highest BCUT2D eigenvalue weighted by atomic mass is 32.2. The molecule has 0 aliphatic heterocycles. The van der Waals surface area contributed by atoms with Crippen LogP contribution >= 0.6 is 11.8 Å². The molecule has 0 saturated heterocycles. The van der Waals surface area contributed by atoms with E-state index >= 15 is 0 Å². The number of nitrogens with one attached hydrogen (secondary N) is 1. The van der Waals surface area contributed by atoms with Gasteiger partial charge in [0, 0.05) is 16.3 Å². The fraction of sp³-hybridized carbons (Fsp3) is 0.238. The van der Waals surface area contributed by atoms with Crippen LogP contribution in [0.3, 0.4) is 0 Å². The summed E-state index contributed by atoms with van der Waals surface area (Å²) in [7, 11) is 0. The highest BCUT2D eigenvalue weighted by Gasteiger charge is 2.33. The monoisotopic (exact) mass is 404 g/mol. The van der Waals surface area contributed by atoms with Gasteiger partial charge >= 0.3 is 6.18 Å². The van der Waals surface area contributed by atoms with Gasteiger partial charge in [-0.15, -0.1) is 0 Å². The number of hydrogen-bond acceptors (Lipinski definition) is 3. The second kappa shape index (κ2) is 8.22. The molecule has 1 aromatic heterocycles. The van der Waals surface area contributed by atoms with Crippen LogP contribution in [-0.2, 0) is 6.18 Å². The second-order valence-corrected chi connectivity index (χ2v) is 7.47. The summed E-state index contributed by atoms with van der Waals surface area (Å²) in [6, 6.07) is 14.0. The third-order valence-electron chi connectivity index (χ3n) is 4.33. The number of hydrogen-bond donors (Lipinski definition) is 1. The van der Waals surface area contributed by atoms with Gasteiger partial charge in [0.1, 0.15) is 5.03 Å². The highest BCUT2D eigenvalue weighted by molar-refractivity contribution is 7.99. The molecular weight excluding hydrogens is 385 g/mol. The predicted molar refractivity (Wildman–Crippen MR) is 105 cm³/mol. The standard InChI is InChI=1S/C21H19F3N2OS/c1-3-13(2)25-20(27)15-12-19(26-17-10-6-4-8-14(15)17)28-18-11-7-5-9-16(18)21(22,23)24/h4-13H,3H2,1-2H3,(H,25,27). The van der Waals surface area contributed by atoms with Gasteiger partial charge in [-0.25, -0.2) is 4.98 Å². The molecule has 1 unspecified atom stereocenters. The molecule has 28 heavy (non-hydrogen) atoms. The minimum absolute atomic E-state index is 0.0125. The van der Waals surface area contributed by atoms with Crippen molar-refractivity contribution in [2.24, 2.45) is 0 Å². The number of carbonyl (C=O) groups is 1. The number of benzene rings is 2. The second-order valence-electron chi connectivity index (χ2n) is 6.40. The van der Waals surface area contributed by atoms with Crippen molar-refractivity contribution in [3.63, 3.8) is 0 Å². The molecule has 146 valence electrons. The van der Waals surface area contributed by atoms with Gasteiger partial charge in [0.15, 0.2) is 0 Å². The summed E-state index contributed by atoms with van der Waals surface area (Å²) in [6.07, 6.45) is -3.69. The van der Waals surface area contributed by atoms with Crippen LogP contribution in [0.15, 0.2) is 64.5 Å². The molecule has 3 rings (SSSR count). The summed E-state index contributed by atoms with van der Waals surface area (Å²) < 4.78 is 39.9. The summed E-state index contributed by atoms with van der Waals surface area (Å²) >= 11 is 0.901. The molecule has 0 aliphatic carbocycles. The molecule has 1 heterocycles. The lowest BCUT2D eigenvalue weighted by atomic mass is 10.1. The molecule has 0 radical (unpaired) electrons. The summed E-state index contributed by atoms with van der Waals surface area (Å²) in [5, 5.41) is 3.91. The zero-order valence-corrected chi connectivity index (χ0v) is 16.2. The van der Waals surface area contributed by atoms with E-state index in [1.807, 2.05) is 13.8 Å². The largest absolute Gasteiger partial charge is 0.417 e. The number of pyridine rings is 1. The van der Waals surface area contributed by atoms with Gasteiger partial charge in [-0.1, -0.05) is 49.0 Å². The van der Waals surface area contributed by atoms with E-state index in [4.69, 9.17) is 0 Å². The van der Waals surface area contributed by atoms with Crippen LogP contribution in [0.2, 0.25) is 0 Å². The van der Waals surface area contributed by atoms with Crippen LogP contribution in [0.4, 0.5) is 13.2 Å². The molecule has 0 bridgehead atoms. The number of carbonyl (C=O) groups excluding carboxylic acids is 1. The Morgan fingerprint density at radius 2 is 1.82 bits per heavy atom. The number of amides is 1. The molecule has 1 atom stereocenters. The number of fused-ring (bicyclic) bond motifs is 1. The van der Waals surface area contributed by atoms with Crippen molar-refractivity contribution in [3.8, 4) is 0 Å². The van der Waals surface area contributed by atoms with Crippen molar-refractivity contribution in [1.82, 2.24) is 10.3 Å². The summed E-state index contributed by atoms with van der Waals surface area (Å²) in [4.78, 5) is 17.2. The number of rotatable bonds is 5. The van der Waals surface area contributed by atoms with Crippen molar-refractivity contribution < 1.29 is 18.0 Å². The van der Waals surface area contributed by atoms with E-state index in [0.29, 0.717) is 21.5 Å². The molecule has 2 aromatic carbocycles. The average Bonchev–Trinajstić information content (AvgIpc) is 2.66. The third-order valence-corrected chi connectivity index (χ3v) is 5.33. The van der Waals surface area contributed by atoms with E-state index in [-0.39, 0.29) is 16.8 Å². The van der Waals surface area contributed by atoms with Crippen LogP contribution < -0.4 is 5.32 Å². The zero-order valence-electron chi connectivity index (χ0n) is 15.4. The van der Waals surface area contributed by atoms with Crippen molar-refractivity contribution in [1.29, 1.82) is 0 Å². The van der Waals surface area contributed by atoms with Crippen LogP contribution in [0, 0.1) is 0 Å². The molecule has 0 fully saturated rings. The molecule has 1 N–H and O–H groups in total. The number of para-hydroxylation sites is 1. The van der Waals surface area contributed by atoms with Gasteiger partial charge in [0.25, 0.3) is 5.91 Å². The van der Waals surface area contributed by atoms with Gasteiger partial charge in [-0.05, 0) is 37.6 Å². The van der Waals surface area contributed by atoms with Crippen LogP contribution in [0.5, 0.6) is 0 Å². The van der Waals surface area contributed by atoms with Crippen molar-refractivity contribution in [2.45, 2.75) is 42.4 Å². The summed E-state index contributed by atoms with van der Waals surface area (Å²) in [6.45, 7) is 3.86. The Balaban J connectivity index is 2.05. The maximum absolute atomic E-state index is 13.3. The Morgan fingerprint density at radius 1 is 1.14 bits per heavy atom. The lowest BCUT2D eigenvalue weighted by Crippen LogP contribution is -2.32. The molecule has 3 aromatic rings. The van der Waals surface area contributed by atoms with Crippen LogP contribution in [0.1, 0.15) is 36.2 Å². The van der Waals surface area contributed by atoms with E-state index in [9.17, 15) is 18.0 Å². The SMILES string of the molecule is CCC(C)NC(=O)c1cc(Sc2ccccc2C(F)(F)F)nc2ccccc12. The van der Waals surface area contributed by atoms with Gasteiger partial charge < -0.3 is 5.32 Å². The maximum atomic E-state index is 13.3. The normalized spacial score (nSPS) is 12.8. The van der Waals surface area contributed by atoms with E-state index in [2.05, 4.69) is 10.3 Å². The fourth-order valence-corrected chi connectivity index (χ4v) is 3.68. The van der Waals surface area contributed by atoms with Crippen molar-refractivity contribution >= 4 is 28.6 Å². The molecule has 0 spiro atoms. The molecule has 3 nitrogen and oxygen atoms in total. The lowest BCUT2D eigenvalue weighted by molar-refractivity contribution is -0.139. The Morgan fingerprint density at radius 3 is 2.54 bits per heavy atom. The number of alkyl halides is 3. The zero-order chi connectivity index (χ0) is 20.3. The van der Waals surface area contributed by atoms with Gasteiger partial charge in [0.2, 0.25) is 0 Å². The molecule has 0 saturated carbocycles. The topological polar surface area (TPSA) is 42.0 Å². The Kier molecular flexibility index (Phi) is 5.93. The smallest absolute Gasteiger partial charge is 0.350 e. The van der Waals surface area contributed by atoms with E-state index < -0.39 is 11.7 Å². The van der Waals surface area contributed by atoms with E-state index in [0.717, 1.165) is 24.2 Å². The minimum Gasteiger partial charge on any atom is -0.350 e. The Hall–Kier alpha value is -2.54. The lowest BCUT2D eigenvalue weighted by Gasteiger charge is -2.15. The first-order valence-corrected chi connectivity index (χ1v) is 9.66. The van der Waals surface area contributed by atoms with Gasteiger partial charge in [-0.2, -0.15) is 13.2 Å². The van der Waals surface area contributed by atoms with Gasteiger partial charge in [0.05, 0.1) is 16.6 Å². The molecule has 1 amide bonds. The maximum Gasteiger partial charge on any atom is 0.417 e. The van der Waals surface area contributed by atoms with Gasteiger partial charge in [-0.3, -0.25) is 4.79 Å². The highest BCUT2D eigenvalue weighted by Crippen LogP contribution is 2.39. The summed E-state index contributed by atoms with van der Waals surface area (Å²) in [5.41, 5.74) is 0.241. The molecular formula is C21H19F3N2OS. The first-order valence-electron chi connectivity index (χ1n) is 8.84. The van der Waals surface area contributed by atoms with Crippen molar-refractivity contribution in [3.05, 3.63) is 65.7 Å². The van der Waals surface area contributed by atoms with E-state index in [1.165, 1.54) is 12.1 Å². The number of aromatic nitrogens is 1. The third kappa shape index (κ3) is 4.47. The van der Waals surface area contributed by atoms with Crippen LogP contribution in [-0.4, -0.2) is 16.9 Å². The molecule has 7 heteroatoms. The van der Waals surface area contributed by atoms with E-state index in [1.54, 1.807) is 36.4 Å². The number of nitrogens with zero attached hydrogens (tertiary/aromatic N) is 1. The summed E-state index contributed by atoms with van der Waals surface area (Å²) in [5.74, 6) is -0.265. The van der Waals surface area contributed by atoms with Crippen LogP contribution in [0.25, 0.3) is 10.9 Å². The fourth-order valence-electron chi connectivity index (χ4n) is 2.70. The Labute approximate surface area is 165 Å². The Bertz CT molecular complexity index is 1000. The minimum atomic E-state index is -4.46.